The minimum Gasteiger partial charge on any atom is -0.333 e. The Labute approximate surface area is 165 Å². The normalized spacial score (nSPS) is 19.3. The van der Waals surface area contributed by atoms with E-state index in [0.29, 0.717) is 21.6 Å². The van der Waals surface area contributed by atoms with Crippen LogP contribution in [0, 0.1) is 0 Å². The summed E-state index contributed by atoms with van der Waals surface area (Å²) in [6, 6.07) is 6.55. The topological polar surface area (TPSA) is 60.4 Å². The molecular weight excluding hydrogens is 394 g/mol. The summed E-state index contributed by atoms with van der Waals surface area (Å²) < 4.78 is 7.80. The minimum atomic E-state index is -0.744. The van der Waals surface area contributed by atoms with E-state index in [0.717, 1.165) is 22.1 Å². The first kappa shape index (κ1) is 19.3. The fourth-order valence-corrected chi connectivity index (χ4v) is 5.20. The zero-order valence-electron chi connectivity index (χ0n) is 14.8. The Hall–Kier alpha value is -1.51. The van der Waals surface area contributed by atoms with Crippen molar-refractivity contribution in [1.82, 2.24) is 14.2 Å². The van der Waals surface area contributed by atoms with Gasteiger partial charge >= 0.3 is 11.4 Å². The average Bonchev–Trinajstić information content (AvgIpc) is 2.96. The summed E-state index contributed by atoms with van der Waals surface area (Å²) in [4.78, 5) is 27.4. The number of aromatic nitrogens is 2. The Balaban J connectivity index is 2.11. The van der Waals surface area contributed by atoms with Crippen LogP contribution < -0.4 is 11.4 Å². The van der Waals surface area contributed by atoms with Crippen molar-refractivity contribution in [3.8, 4) is 5.69 Å². The van der Waals surface area contributed by atoms with Crippen molar-refractivity contribution < 1.29 is 4.52 Å². The van der Waals surface area contributed by atoms with Crippen LogP contribution in [0.25, 0.3) is 5.69 Å². The summed E-state index contributed by atoms with van der Waals surface area (Å²) in [5, 5.41) is 0.434. The van der Waals surface area contributed by atoms with Gasteiger partial charge in [0.25, 0.3) is 0 Å². The van der Waals surface area contributed by atoms with Crippen molar-refractivity contribution in [2.24, 2.45) is 0 Å². The lowest BCUT2D eigenvalue weighted by Gasteiger charge is -2.30. The van der Waals surface area contributed by atoms with Crippen LogP contribution in [0.3, 0.4) is 0 Å². The summed E-state index contributed by atoms with van der Waals surface area (Å²) in [5.74, 6) is -0.744. The smallest absolute Gasteiger partial charge is 0.333 e. The van der Waals surface area contributed by atoms with Crippen molar-refractivity contribution >= 4 is 39.9 Å². The zero-order valence-corrected chi connectivity index (χ0v) is 17.2. The monoisotopic (exact) mass is 413 g/mol. The highest BCUT2D eigenvalue weighted by atomic mass is 35.5. The van der Waals surface area contributed by atoms with E-state index in [-0.39, 0.29) is 0 Å². The first-order valence-corrected chi connectivity index (χ1v) is 9.97. The standard InChI is InChI=1S/C17H20ClN3O3S2/c1-4-5-9-19-13(17(2,3)26-16(19)25)21-14(22)20(15(23)24-21)12-8-6-7-11(18)10-12/h6-8,10,13H,4-5,9H2,1-3H3/t13-/m0/s1. The molecule has 0 amide bonds. The molecule has 1 aliphatic heterocycles. The van der Waals surface area contributed by atoms with Gasteiger partial charge in [-0.1, -0.05) is 55.0 Å². The Bertz CT molecular complexity index is 947. The van der Waals surface area contributed by atoms with E-state index in [9.17, 15) is 9.59 Å². The zero-order chi connectivity index (χ0) is 19.1. The number of unbranched alkanes of at least 4 members (excludes halogenated alkanes) is 1. The molecule has 1 aliphatic rings. The number of rotatable bonds is 5. The molecule has 0 aliphatic carbocycles. The van der Waals surface area contributed by atoms with E-state index in [1.54, 1.807) is 24.3 Å². The van der Waals surface area contributed by atoms with Crippen LogP contribution in [0.15, 0.2) is 38.4 Å². The Morgan fingerprint density at radius 1 is 1.35 bits per heavy atom. The van der Waals surface area contributed by atoms with Gasteiger partial charge in [-0.05, 0) is 38.5 Å². The maximum Gasteiger partial charge on any atom is 0.447 e. The molecule has 1 aromatic heterocycles. The predicted octanol–water partition coefficient (Wildman–Crippen LogP) is 3.66. The molecule has 9 heteroatoms. The van der Waals surface area contributed by atoms with Gasteiger partial charge in [0.1, 0.15) is 4.32 Å². The van der Waals surface area contributed by atoms with E-state index in [1.165, 1.54) is 11.8 Å². The van der Waals surface area contributed by atoms with Gasteiger partial charge in [0.05, 0.1) is 10.4 Å². The van der Waals surface area contributed by atoms with Crippen molar-refractivity contribution in [3.63, 3.8) is 0 Å². The molecule has 1 fully saturated rings. The molecule has 0 spiro atoms. The number of nitrogens with zero attached hydrogens (tertiary/aromatic N) is 3. The van der Waals surface area contributed by atoms with Crippen molar-refractivity contribution in [2.75, 3.05) is 6.54 Å². The van der Waals surface area contributed by atoms with E-state index in [1.807, 2.05) is 18.7 Å². The van der Waals surface area contributed by atoms with Crippen LogP contribution in [0.2, 0.25) is 5.02 Å². The number of benzene rings is 1. The third kappa shape index (κ3) is 3.37. The lowest BCUT2D eigenvalue weighted by Crippen LogP contribution is -2.42. The van der Waals surface area contributed by atoms with E-state index in [2.05, 4.69) is 6.92 Å². The van der Waals surface area contributed by atoms with Gasteiger partial charge in [-0.15, -0.1) is 4.74 Å². The molecule has 2 aromatic rings. The van der Waals surface area contributed by atoms with Gasteiger partial charge in [-0.2, -0.15) is 4.57 Å². The Kier molecular flexibility index (Phi) is 5.37. The molecular formula is C17H20ClN3O3S2. The van der Waals surface area contributed by atoms with Crippen LogP contribution in [0.4, 0.5) is 0 Å². The highest BCUT2D eigenvalue weighted by Crippen LogP contribution is 2.46. The Morgan fingerprint density at radius 3 is 2.73 bits per heavy atom. The highest BCUT2D eigenvalue weighted by molar-refractivity contribution is 8.24. The molecule has 1 aromatic carbocycles. The first-order chi connectivity index (χ1) is 12.3. The lowest BCUT2D eigenvalue weighted by molar-refractivity contribution is 0.0897. The van der Waals surface area contributed by atoms with Gasteiger partial charge in [0, 0.05) is 11.6 Å². The second-order valence-electron chi connectivity index (χ2n) is 6.67. The fourth-order valence-electron chi connectivity index (χ4n) is 3.09. The van der Waals surface area contributed by atoms with E-state index >= 15 is 0 Å². The molecule has 0 saturated carbocycles. The van der Waals surface area contributed by atoms with Gasteiger partial charge in [-0.3, -0.25) is 0 Å². The lowest BCUT2D eigenvalue weighted by atomic mass is 10.1. The molecule has 6 nitrogen and oxygen atoms in total. The third-order valence-electron chi connectivity index (χ3n) is 4.28. The second kappa shape index (κ2) is 7.25. The molecule has 2 heterocycles. The summed E-state index contributed by atoms with van der Waals surface area (Å²) in [6.45, 7) is 6.77. The third-order valence-corrected chi connectivity index (χ3v) is 6.15. The number of hydrogen-bond acceptors (Lipinski definition) is 5. The van der Waals surface area contributed by atoms with Crippen LogP contribution in [-0.4, -0.2) is 29.8 Å². The maximum absolute atomic E-state index is 13.0. The summed E-state index contributed by atoms with van der Waals surface area (Å²) in [7, 11) is 0. The SMILES string of the molecule is CCCCN1C(=S)SC(C)(C)[C@@H]1n1oc(=O)n(-c2cccc(Cl)c2)c1=O. The molecule has 0 unspecified atom stereocenters. The number of hydrogen-bond donors (Lipinski definition) is 0. The first-order valence-electron chi connectivity index (χ1n) is 8.36. The summed E-state index contributed by atoms with van der Waals surface area (Å²) in [5.41, 5.74) is -0.164. The van der Waals surface area contributed by atoms with Gasteiger partial charge < -0.3 is 9.42 Å². The van der Waals surface area contributed by atoms with Crippen LogP contribution in [-0.2, 0) is 0 Å². The van der Waals surface area contributed by atoms with Crippen molar-refractivity contribution in [1.29, 1.82) is 0 Å². The summed E-state index contributed by atoms with van der Waals surface area (Å²) in [6.07, 6.45) is 1.47. The van der Waals surface area contributed by atoms with Gasteiger partial charge in [0.15, 0.2) is 6.17 Å². The number of thiocarbonyl (C=S) groups is 1. The maximum atomic E-state index is 13.0. The fraction of sp³-hybridized carbons (Fsp3) is 0.471. The minimum absolute atomic E-state index is 0.376. The number of halogens is 1. The number of thioether (sulfide) groups is 1. The second-order valence-corrected chi connectivity index (χ2v) is 9.40. The van der Waals surface area contributed by atoms with Crippen molar-refractivity contribution in [2.45, 2.75) is 44.5 Å². The van der Waals surface area contributed by atoms with Crippen LogP contribution in [0.1, 0.15) is 39.8 Å². The molecule has 1 saturated heterocycles. The van der Waals surface area contributed by atoms with Gasteiger partial charge in [0.2, 0.25) is 0 Å². The molecule has 0 radical (unpaired) electrons. The molecule has 140 valence electrons. The predicted molar refractivity (Wildman–Crippen MR) is 108 cm³/mol. The summed E-state index contributed by atoms with van der Waals surface area (Å²) >= 11 is 13.0. The van der Waals surface area contributed by atoms with Gasteiger partial charge in [-0.25, -0.2) is 9.59 Å². The molecule has 3 rings (SSSR count). The van der Waals surface area contributed by atoms with E-state index < -0.39 is 22.4 Å². The largest absolute Gasteiger partial charge is 0.447 e. The molecule has 26 heavy (non-hydrogen) atoms. The quantitative estimate of drug-likeness (QED) is 0.697. The average molecular weight is 414 g/mol. The van der Waals surface area contributed by atoms with Crippen LogP contribution >= 0.6 is 35.6 Å². The molecule has 1 atom stereocenters. The molecule has 0 N–H and O–H groups in total. The van der Waals surface area contributed by atoms with E-state index in [4.69, 9.17) is 28.3 Å². The van der Waals surface area contributed by atoms with Crippen molar-refractivity contribution in [3.05, 3.63) is 50.3 Å². The van der Waals surface area contributed by atoms with Crippen LogP contribution in [0.5, 0.6) is 0 Å². The molecule has 0 bridgehead atoms. The Morgan fingerprint density at radius 2 is 2.08 bits per heavy atom. The highest BCUT2D eigenvalue weighted by Gasteiger charge is 2.47.